The molecule has 0 heterocycles. The fourth-order valence-corrected chi connectivity index (χ4v) is 2.92. The van der Waals surface area contributed by atoms with Gasteiger partial charge in [-0.3, -0.25) is 9.59 Å². The Morgan fingerprint density at radius 1 is 0.862 bits per heavy atom. The summed E-state index contributed by atoms with van der Waals surface area (Å²) in [7, 11) is 0. The maximum absolute atomic E-state index is 12.6. The smallest absolute Gasteiger partial charge is 0.255 e. The number of hydrogen-bond donors (Lipinski definition) is 2. The second kappa shape index (κ2) is 9.55. The second-order valence-corrected chi connectivity index (χ2v) is 6.60. The molecule has 148 valence electrons. The lowest BCUT2D eigenvalue weighted by molar-refractivity contribution is 0.0938. The average Bonchev–Trinajstić information content (AvgIpc) is 2.75. The van der Waals surface area contributed by atoms with Crippen LogP contribution in [0.4, 0.5) is 5.69 Å². The minimum absolute atomic E-state index is 0.120. The van der Waals surface area contributed by atoms with Gasteiger partial charge in [-0.2, -0.15) is 0 Å². The number of rotatable bonds is 7. The summed E-state index contributed by atoms with van der Waals surface area (Å²) < 4.78 is 5.39. The van der Waals surface area contributed by atoms with Gasteiger partial charge in [-0.25, -0.2) is 0 Å². The summed E-state index contributed by atoms with van der Waals surface area (Å²) in [6.07, 6.45) is 0. The number of hydrogen-bond acceptors (Lipinski definition) is 3. The van der Waals surface area contributed by atoms with E-state index in [1.165, 1.54) is 0 Å². The van der Waals surface area contributed by atoms with Crippen molar-refractivity contribution >= 4 is 17.5 Å². The summed E-state index contributed by atoms with van der Waals surface area (Å²) in [5, 5.41) is 5.81. The quantitative estimate of drug-likeness (QED) is 0.609. The van der Waals surface area contributed by atoms with E-state index in [1.807, 2.05) is 44.2 Å². The molecule has 0 spiro atoms. The van der Waals surface area contributed by atoms with E-state index in [-0.39, 0.29) is 17.9 Å². The van der Waals surface area contributed by atoms with Crippen LogP contribution in [0, 0.1) is 0 Å². The van der Waals surface area contributed by atoms with Gasteiger partial charge in [0.1, 0.15) is 5.75 Å². The van der Waals surface area contributed by atoms with Crippen molar-refractivity contribution in [1.29, 1.82) is 0 Å². The van der Waals surface area contributed by atoms with E-state index < -0.39 is 0 Å². The zero-order valence-corrected chi connectivity index (χ0v) is 16.5. The number of ether oxygens (including phenoxy) is 1. The van der Waals surface area contributed by atoms with Gasteiger partial charge in [-0.15, -0.1) is 0 Å². The third-order valence-corrected chi connectivity index (χ3v) is 4.46. The fourth-order valence-electron chi connectivity index (χ4n) is 2.92. The molecule has 0 radical (unpaired) electrons. The van der Waals surface area contributed by atoms with E-state index in [1.54, 1.807) is 48.5 Å². The first kappa shape index (κ1) is 20.1. The molecule has 2 N–H and O–H groups in total. The molecule has 0 bridgehead atoms. The molecule has 0 saturated carbocycles. The number of carbonyl (C=O) groups excluding carboxylic acids is 2. The van der Waals surface area contributed by atoms with Gasteiger partial charge in [-0.1, -0.05) is 36.4 Å². The molecule has 0 aliphatic carbocycles. The standard InChI is InChI=1S/C24H24N2O3/c1-3-29-22-14-12-19(13-15-22)23(27)26-21-11-7-10-20(16-21)24(28)25-17(2)18-8-5-4-6-9-18/h4-17H,3H2,1-2H3,(H,25,28)(H,26,27). The maximum Gasteiger partial charge on any atom is 0.255 e. The van der Waals surface area contributed by atoms with Crippen LogP contribution < -0.4 is 15.4 Å². The molecule has 3 aromatic rings. The topological polar surface area (TPSA) is 67.4 Å². The van der Waals surface area contributed by atoms with Gasteiger partial charge < -0.3 is 15.4 Å². The van der Waals surface area contributed by atoms with Crippen LogP contribution in [0.2, 0.25) is 0 Å². The largest absolute Gasteiger partial charge is 0.494 e. The summed E-state index contributed by atoms with van der Waals surface area (Å²) in [5.74, 6) is 0.275. The van der Waals surface area contributed by atoms with E-state index in [0.717, 1.165) is 11.3 Å². The van der Waals surface area contributed by atoms with Crippen molar-refractivity contribution in [2.24, 2.45) is 0 Å². The first-order valence-corrected chi connectivity index (χ1v) is 9.57. The predicted molar refractivity (Wildman–Crippen MR) is 114 cm³/mol. The normalized spacial score (nSPS) is 11.4. The Balaban J connectivity index is 1.65. The highest BCUT2D eigenvalue weighted by atomic mass is 16.5. The average molecular weight is 388 g/mol. The molecule has 1 unspecified atom stereocenters. The zero-order chi connectivity index (χ0) is 20.6. The van der Waals surface area contributed by atoms with Crippen LogP contribution in [0.15, 0.2) is 78.9 Å². The van der Waals surface area contributed by atoms with Gasteiger partial charge in [0, 0.05) is 16.8 Å². The Kier molecular flexibility index (Phi) is 6.63. The molecule has 0 aromatic heterocycles. The van der Waals surface area contributed by atoms with Crippen LogP contribution in [0.25, 0.3) is 0 Å². The number of amides is 2. The van der Waals surface area contributed by atoms with Gasteiger partial charge in [0.05, 0.1) is 12.6 Å². The summed E-state index contributed by atoms with van der Waals surface area (Å²) in [6.45, 7) is 4.42. The van der Waals surface area contributed by atoms with E-state index >= 15 is 0 Å². The van der Waals surface area contributed by atoms with Crippen LogP contribution >= 0.6 is 0 Å². The van der Waals surface area contributed by atoms with Gasteiger partial charge >= 0.3 is 0 Å². The number of carbonyl (C=O) groups is 2. The molecule has 0 aliphatic heterocycles. The summed E-state index contributed by atoms with van der Waals surface area (Å²) in [5.41, 5.74) is 2.59. The highest BCUT2D eigenvalue weighted by molar-refractivity contribution is 6.05. The van der Waals surface area contributed by atoms with Crippen molar-refractivity contribution in [3.8, 4) is 5.75 Å². The Hall–Kier alpha value is -3.60. The lowest BCUT2D eigenvalue weighted by Crippen LogP contribution is -2.26. The minimum atomic E-state index is -0.247. The Morgan fingerprint density at radius 2 is 1.59 bits per heavy atom. The van der Waals surface area contributed by atoms with Crippen molar-refractivity contribution in [3.05, 3.63) is 95.6 Å². The molecule has 0 aliphatic rings. The monoisotopic (exact) mass is 388 g/mol. The number of anilines is 1. The molecule has 5 nitrogen and oxygen atoms in total. The van der Waals surface area contributed by atoms with Crippen LogP contribution in [0.5, 0.6) is 5.75 Å². The Bertz CT molecular complexity index is 969. The minimum Gasteiger partial charge on any atom is -0.494 e. The molecule has 3 aromatic carbocycles. The van der Waals surface area contributed by atoms with Crippen LogP contribution in [-0.2, 0) is 0 Å². The molecule has 5 heteroatoms. The molecule has 29 heavy (non-hydrogen) atoms. The predicted octanol–water partition coefficient (Wildman–Crippen LogP) is 4.83. The zero-order valence-electron chi connectivity index (χ0n) is 16.5. The Morgan fingerprint density at radius 3 is 2.28 bits per heavy atom. The molecule has 1 atom stereocenters. The van der Waals surface area contributed by atoms with Crippen molar-refractivity contribution in [2.45, 2.75) is 19.9 Å². The van der Waals surface area contributed by atoms with Crippen molar-refractivity contribution in [1.82, 2.24) is 5.32 Å². The molecular formula is C24H24N2O3. The first-order valence-electron chi connectivity index (χ1n) is 9.57. The third-order valence-electron chi connectivity index (χ3n) is 4.46. The summed E-state index contributed by atoms with van der Waals surface area (Å²) >= 11 is 0. The van der Waals surface area contributed by atoms with Gasteiger partial charge in [-0.05, 0) is 61.9 Å². The van der Waals surface area contributed by atoms with Crippen molar-refractivity contribution in [3.63, 3.8) is 0 Å². The molecule has 2 amide bonds. The summed E-state index contributed by atoms with van der Waals surface area (Å²) in [6, 6.07) is 23.5. The molecule has 0 saturated heterocycles. The Labute approximate surface area is 170 Å². The lowest BCUT2D eigenvalue weighted by Gasteiger charge is -2.15. The van der Waals surface area contributed by atoms with E-state index in [0.29, 0.717) is 23.4 Å². The van der Waals surface area contributed by atoms with Gasteiger partial charge in [0.2, 0.25) is 0 Å². The fraction of sp³-hybridized carbons (Fsp3) is 0.167. The highest BCUT2D eigenvalue weighted by Crippen LogP contribution is 2.17. The number of benzene rings is 3. The van der Waals surface area contributed by atoms with E-state index in [9.17, 15) is 9.59 Å². The molecule has 0 fully saturated rings. The van der Waals surface area contributed by atoms with Crippen LogP contribution in [0.1, 0.15) is 46.2 Å². The SMILES string of the molecule is CCOc1ccc(C(=O)Nc2cccc(C(=O)NC(C)c3ccccc3)c2)cc1. The van der Waals surface area contributed by atoms with Crippen LogP contribution in [0.3, 0.4) is 0 Å². The highest BCUT2D eigenvalue weighted by Gasteiger charge is 2.13. The lowest BCUT2D eigenvalue weighted by atomic mass is 10.1. The molecule has 3 rings (SSSR count). The second-order valence-electron chi connectivity index (χ2n) is 6.60. The van der Waals surface area contributed by atoms with Crippen molar-refractivity contribution < 1.29 is 14.3 Å². The van der Waals surface area contributed by atoms with Gasteiger partial charge in [0.15, 0.2) is 0 Å². The molecular weight excluding hydrogens is 364 g/mol. The maximum atomic E-state index is 12.6. The van der Waals surface area contributed by atoms with Gasteiger partial charge in [0.25, 0.3) is 11.8 Å². The van der Waals surface area contributed by atoms with E-state index in [2.05, 4.69) is 10.6 Å². The number of nitrogens with one attached hydrogen (secondary N) is 2. The van der Waals surface area contributed by atoms with E-state index in [4.69, 9.17) is 4.74 Å². The summed E-state index contributed by atoms with van der Waals surface area (Å²) in [4.78, 5) is 25.1. The van der Waals surface area contributed by atoms with Crippen molar-refractivity contribution in [2.75, 3.05) is 11.9 Å². The first-order chi connectivity index (χ1) is 14.1. The third kappa shape index (κ3) is 5.45. The van der Waals surface area contributed by atoms with Crippen LogP contribution in [-0.4, -0.2) is 18.4 Å².